The SMILES string of the molecule is O=C(c1cc(F)ccc1F)N1CCC2(CCCO2)C(=O)C1. The van der Waals surface area contributed by atoms with Crippen molar-refractivity contribution in [2.24, 2.45) is 0 Å². The van der Waals surface area contributed by atoms with Gasteiger partial charge in [-0.05, 0) is 31.0 Å². The van der Waals surface area contributed by atoms with Gasteiger partial charge in [-0.15, -0.1) is 0 Å². The molecule has 0 radical (unpaired) electrons. The first-order valence-corrected chi connectivity index (χ1v) is 6.93. The molecule has 0 bridgehead atoms. The summed E-state index contributed by atoms with van der Waals surface area (Å²) < 4.78 is 32.4. The van der Waals surface area contributed by atoms with Crippen LogP contribution in [0.15, 0.2) is 18.2 Å². The molecule has 2 fully saturated rings. The summed E-state index contributed by atoms with van der Waals surface area (Å²) in [6.45, 7) is 0.744. The molecule has 0 aromatic heterocycles. The molecule has 1 aromatic carbocycles. The maximum atomic E-state index is 13.6. The third-order valence-corrected chi connectivity index (χ3v) is 4.18. The van der Waals surface area contributed by atoms with Gasteiger partial charge in [0.15, 0.2) is 5.78 Å². The highest BCUT2D eigenvalue weighted by Gasteiger charge is 2.46. The Kier molecular flexibility index (Phi) is 3.49. The third-order valence-electron chi connectivity index (χ3n) is 4.18. The van der Waals surface area contributed by atoms with Crippen LogP contribution in [0.5, 0.6) is 0 Å². The number of carbonyl (C=O) groups excluding carboxylic acids is 2. The number of carbonyl (C=O) groups is 2. The number of Topliss-reactive ketones (excluding diaryl/α,β-unsaturated/α-hetero) is 1. The van der Waals surface area contributed by atoms with E-state index >= 15 is 0 Å². The zero-order valence-corrected chi connectivity index (χ0v) is 11.4. The van der Waals surface area contributed by atoms with Gasteiger partial charge in [0, 0.05) is 19.6 Å². The second-order valence-electron chi connectivity index (χ2n) is 5.47. The van der Waals surface area contributed by atoms with Gasteiger partial charge in [-0.2, -0.15) is 0 Å². The van der Waals surface area contributed by atoms with Crippen molar-refractivity contribution in [1.82, 2.24) is 4.90 Å². The van der Waals surface area contributed by atoms with Crippen LogP contribution in [0.4, 0.5) is 8.78 Å². The quantitative estimate of drug-likeness (QED) is 0.795. The lowest BCUT2D eigenvalue weighted by atomic mass is 9.87. The minimum Gasteiger partial charge on any atom is -0.367 e. The van der Waals surface area contributed by atoms with Crippen molar-refractivity contribution < 1.29 is 23.1 Å². The molecule has 3 rings (SSSR count). The fourth-order valence-corrected chi connectivity index (χ4v) is 2.97. The smallest absolute Gasteiger partial charge is 0.257 e. The number of piperidine rings is 1. The number of hydrogen-bond donors (Lipinski definition) is 0. The molecule has 4 nitrogen and oxygen atoms in total. The van der Waals surface area contributed by atoms with Crippen LogP contribution in [-0.2, 0) is 9.53 Å². The van der Waals surface area contributed by atoms with Crippen LogP contribution < -0.4 is 0 Å². The van der Waals surface area contributed by atoms with Crippen molar-refractivity contribution in [3.05, 3.63) is 35.4 Å². The van der Waals surface area contributed by atoms with Crippen LogP contribution in [0.2, 0.25) is 0 Å². The summed E-state index contributed by atoms with van der Waals surface area (Å²) in [5, 5.41) is 0. The molecule has 6 heteroatoms. The Morgan fingerprint density at radius 1 is 1.29 bits per heavy atom. The van der Waals surface area contributed by atoms with E-state index in [0.29, 0.717) is 26.0 Å². The average molecular weight is 295 g/mol. The van der Waals surface area contributed by atoms with Crippen molar-refractivity contribution in [1.29, 1.82) is 0 Å². The Hall–Kier alpha value is -1.82. The van der Waals surface area contributed by atoms with E-state index < -0.39 is 23.1 Å². The van der Waals surface area contributed by atoms with E-state index in [4.69, 9.17) is 4.74 Å². The number of rotatable bonds is 1. The van der Waals surface area contributed by atoms with Gasteiger partial charge in [0.2, 0.25) is 0 Å². The minimum atomic E-state index is -0.786. The minimum absolute atomic E-state index is 0.116. The molecular formula is C15H15F2NO3. The van der Waals surface area contributed by atoms with Gasteiger partial charge in [0.1, 0.15) is 17.2 Å². The second-order valence-corrected chi connectivity index (χ2v) is 5.47. The van der Waals surface area contributed by atoms with Crippen molar-refractivity contribution >= 4 is 11.7 Å². The van der Waals surface area contributed by atoms with Crippen molar-refractivity contribution in [3.8, 4) is 0 Å². The number of amides is 1. The molecule has 1 amide bonds. The van der Waals surface area contributed by atoms with Gasteiger partial charge in [-0.1, -0.05) is 0 Å². The number of benzene rings is 1. The van der Waals surface area contributed by atoms with Gasteiger partial charge in [0.25, 0.3) is 5.91 Å². The highest BCUT2D eigenvalue weighted by Crippen LogP contribution is 2.33. The topological polar surface area (TPSA) is 46.6 Å². The molecule has 1 atom stereocenters. The van der Waals surface area contributed by atoms with Crippen LogP contribution >= 0.6 is 0 Å². The fourth-order valence-electron chi connectivity index (χ4n) is 2.97. The summed E-state index contributed by atoms with van der Waals surface area (Å²) in [5.41, 5.74) is -1.11. The predicted octanol–water partition coefficient (Wildman–Crippen LogP) is 1.93. The standard InChI is InChI=1S/C15H15F2NO3/c16-10-2-3-12(17)11(8-10)14(20)18-6-5-15(13(19)9-18)4-1-7-21-15/h2-3,8H,1,4-7,9H2. The van der Waals surface area contributed by atoms with Crippen molar-refractivity contribution in [2.45, 2.75) is 24.9 Å². The lowest BCUT2D eigenvalue weighted by Gasteiger charge is -2.37. The first-order chi connectivity index (χ1) is 10.0. The molecule has 112 valence electrons. The highest BCUT2D eigenvalue weighted by atomic mass is 19.1. The number of ketones is 1. The van der Waals surface area contributed by atoms with Crippen LogP contribution in [-0.4, -0.2) is 41.9 Å². The maximum absolute atomic E-state index is 13.6. The fraction of sp³-hybridized carbons (Fsp3) is 0.467. The molecule has 1 unspecified atom stereocenters. The lowest BCUT2D eigenvalue weighted by molar-refractivity contribution is -0.144. The van der Waals surface area contributed by atoms with E-state index in [2.05, 4.69) is 0 Å². The zero-order chi connectivity index (χ0) is 15.0. The highest BCUT2D eigenvalue weighted by molar-refractivity contribution is 5.99. The summed E-state index contributed by atoms with van der Waals surface area (Å²) in [7, 11) is 0. The number of halogens is 2. The van der Waals surface area contributed by atoms with Crippen LogP contribution in [0.3, 0.4) is 0 Å². The summed E-state index contributed by atoms with van der Waals surface area (Å²) in [6.07, 6.45) is 1.91. The Balaban J connectivity index is 1.78. The number of likely N-dealkylation sites (tertiary alicyclic amines) is 1. The molecule has 2 heterocycles. The summed E-state index contributed by atoms with van der Waals surface area (Å²) in [5.74, 6) is -2.28. The number of hydrogen-bond acceptors (Lipinski definition) is 3. The molecule has 1 spiro atoms. The molecule has 21 heavy (non-hydrogen) atoms. The Labute approximate surface area is 120 Å². The molecular weight excluding hydrogens is 280 g/mol. The predicted molar refractivity (Wildman–Crippen MR) is 69.8 cm³/mol. The molecule has 2 aliphatic heterocycles. The zero-order valence-electron chi connectivity index (χ0n) is 11.4. The first-order valence-electron chi connectivity index (χ1n) is 6.93. The van der Waals surface area contributed by atoms with E-state index in [9.17, 15) is 18.4 Å². The van der Waals surface area contributed by atoms with Crippen LogP contribution in [0.25, 0.3) is 0 Å². The molecule has 0 aliphatic carbocycles. The molecule has 0 N–H and O–H groups in total. The van der Waals surface area contributed by atoms with Gasteiger partial charge < -0.3 is 9.64 Å². The van der Waals surface area contributed by atoms with Gasteiger partial charge in [0.05, 0.1) is 12.1 Å². The molecule has 1 aromatic rings. The maximum Gasteiger partial charge on any atom is 0.257 e. The number of nitrogens with zero attached hydrogens (tertiary/aromatic N) is 1. The van der Waals surface area contributed by atoms with Gasteiger partial charge in [-0.25, -0.2) is 8.78 Å². The van der Waals surface area contributed by atoms with E-state index in [1.165, 1.54) is 4.90 Å². The van der Waals surface area contributed by atoms with E-state index in [-0.39, 0.29) is 17.9 Å². The second kappa shape index (κ2) is 5.18. The average Bonchev–Trinajstić information content (AvgIpc) is 2.94. The van der Waals surface area contributed by atoms with Gasteiger partial charge in [-0.3, -0.25) is 9.59 Å². The van der Waals surface area contributed by atoms with E-state index in [1.807, 2.05) is 0 Å². The Morgan fingerprint density at radius 3 is 2.76 bits per heavy atom. The summed E-state index contributed by atoms with van der Waals surface area (Å²) in [4.78, 5) is 25.7. The third kappa shape index (κ3) is 2.44. The monoisotopic (exact) mass is 295 g/mol. The summed E-state index contributed by atoms with van der Waals surface area (Å²) in [6, 6.07) is 2.73. The Bertz CT molecular complexity index is 597. The molecule has 2 saturated heterocycles. The molecule has 0 saturated carbocycles. The molecule has 2 aliphatic rings. The van der Waals surface area contributed by atoms with Crippen molar-refractivity contribution in [3.63, 3.8) is 0 Å². The van der Waals surface area contributed by atoms with E-state index in [1.54, 1.807) is 0 Å². The largest absolute Gasteiger partial charge is 0.367 e. The number of ether oxygens (including phenoxy) is 1. The first kappa shape index (κ1) is 14.1. The Morgan fingerprint density at radius 2 is 2.10 bits per heavy atom. The van der Waals surface area contributed by atoms with E-state index in [0.717, 1.165) is 24.6 Å². The van der Waals surface area contributed by atoms with Gasteiger partial charge >= 0.3 is 0 Å². The van der Waals surface area contributed by atoms with Crippen LogP contribution in [0, 0.1) is 11.6 Å². The normalized spacial score (nSPS) is 25.6. The van der Waals surface area contributed by atoms with Crippen LogP contribution in [0.1, 0.15) is 29.6 Å². The van der Waals surface area contributed by atoms with Crippen molar-refractivity contribution in [2.75, 3.05) is 19.7 Å². The summed E-state index contributed by atoms with van der Waals surface area (Å²) >= 11 is 0. The lowest BCUT2D eigenvalue weighted by Crippen LogP contribution is -2.53.